The zero-order chi connectivity index (χ0) is 24.7. The van der Waals surface area contributed by atoms with Crippen LogP contribution in [0.4, 0.5) is 4.79 Å². The summed E-state index contributed by atoms with van der Waals surface area (Å²) in [6, 6.07) is 16.2. The number of carboxylic acids is 1. The Bertz CT molecular complexity index is 974. The summed E-state index contributed by atoms with van der Waals surface area (Å²) in [6.45, 7) is 5.90. The Labute approximate surface area is 200 Å². The van der Waals surface area contributed by atoms with E-state index in [2.05, 4.69) is 34.9 Å². The molecule has 0 radical (unpaired) electrons. The third-order valence-corrected chi connectivity index (χ3v) is 6.39. The molecule has 3 rings (SSSR count). The fraction of sp³-hybridized carbons (Fsp3) is 0.444. The molecule has 0 aliphatic heterocycles. The smallest absolute Gasteiger partial charge is 0.407 e. The number of carboxylic acid groups (broad SMARTS) is 1. The molecular weight excluding hydrogens is 432 g/mol. The number of amides is 2. The molecule has 2 atom stereocenters. The first-order chi connectivity index (χ1) is 16.3. The summed E-state index contributed by atoms with van der Waals surface area (Å²) in [6.07, 6.45) is 1.00. The molecule has 1 aliphatic rings. The number of rotatable bonds is 11. The van der Waals surface area contributed by atoms with Crippen molar-refractivity contribution in [2.45, 2.75) is 52.0 Å². The minimum atomic E-state index is -0.906. The third-order valence-electron chi connectivity index (χ3n) is 6.39. The normalized spacial score (nSPS) is 14.1. The van der Waals surface area contributed by atoms with E-state index in [-0.39, 0.29) is 43.4 Å². The quantitative estimate of drug-likeness (QED) is 0.450. The van der Waals surface area contributed by atoms with E-state index in [9.17, 15) is 19.5 Å². The molecule has 0 spiro atoms. The Morgan fingerprint density at radius 1 is 0.971 bits per heavy atom. The highest BCUT2D eigenvalue weighted by Gasteiger charge is 2.29. The highest BCUT2D eigenvalue weighted by molar-refractivity contribution is 5.79. The van der Waals surface area contributed by atoms with Crippen molar-refractivity contribution in [1.82, 2.24) is 10.6 Å². The van der Waals surface area contributed by atoms with E-state index in [0.29, 0.717) is 12.8 Å². The van der Waals surface area contributed by atoms with Crippen LogP contribution in [0, 0.1) is 11.8 Å². The Morgan fingerprint density at radius 3 is 2.12 bits per heavy atom. The van der Waals surface area contributed by atoms with Gasteiger partial charge in [0.2, 0.25) is 5.91 Å². The van der Waals surface area contributed by atoms with Crippen LogP contribution >= 0.6 is 0 Å². The Morgan fingerprint density at radius 2 is 1.56 bits per heavy atom. The van der Waals surface area contributed by atoms with Gasteiger partial charge in [0, 0.05) is 24.9 Å². The van der Waals surface area contributed by atoms with Crippen LogP contribution < -0.4 is 10.6 Å². The van der Waals surface area contributed by atoms with Gasteiger partial charge in [-0.2, -0.15) is 0 Å². The van der Waals surface area contributed by atoms with Crippen LogP contribution in [0.2, 0.25) is 0 Å². The highest BCUT2D eigenvalue weighted by Crippen LogP contribution is 2.44. The van der Waals surface area contributed by atoms with Crippen molar-refractivity contribution in [3.8, 4) is 11.1 Å². The zero-order valence-electron chi connectivity index (χ0n) is 20.0. The lowest BCUT2D eigenvalue weighted by Crippen LogP contribution is -2.36. The van der Waals surface area contributed by atoms with Gasteiger partial charge in [-0.15, -0.1) is 0 Å². The predicted octanol–water partition coefficient (Wildman–Crippen LogP) is 4.56. The average molecular weight is 467 g/mol. The van der Waals surface area contributed by atoms with Gasteiger partial charge in [-0.3, -0.25) is 9.59 Å². The van der Waals surface area contributed by atoms with Gasteiger partial charge in [-0.05, 0) is 47.9 Å². The van der Waals surface area contributed by atoms with Crippen LogP contribution in [0.25, 0.3) is 11.1 Å². The first-order valence-electron chi connectivity index (χ1n) is 11.9. The summed E-state index contributed by atoms with van der Waals surface area (Å²) >= 11 is 0. The molecule has 1 aliphatic carbocycles. The number of hydrogen-bond donors (Lipinski definition) is 3. The first-order valence-corrected chi connectivity index (χ1v) is 11.9. The van der Waals surface area contributed by atoms with Gasteiger partial charge in [-0.25, -0.2) is 4.79 Å². The lowest BCUT2D eigenvalue weighted by atomic mass is 9.96. The number of benzene rings is 2. The highest BCUT2D eigenvalue weighted by atomic mass is 16.5. The minimum absolute atomic E-state index is 0.0117. The predicted molar refractivity (Wildman–Crippen MR) is 130 cm³/mol. The van der Waals surface area contributed by atoms with Crippen molar-refractivity contribution < 1.29 is 24.2 Å². The summed E-state index contributed by atoms with van der Waals surface area (Å²) in [4.78, 5) is 35.6. The summed E-state index contributed by atoms with van der Waals surface area (Å²) in [5.74, 6) is -1.73. The number of hydrogen-bond acceptors (Lipinski definition) is 4. The molecule has 0 bridgehead atoms. The van der Waals surface area contributed by atoms with E-state index < -0.39 is 18.0 Å². The second kappa shape index (κ2) is 11.7. The van der Waals surface area contributed by atoms with E-state index in [1.165, 1.54) is 11.1 Å². The average Bonchev–Trinajstić information content (AvgIpc) is 3.11. The number of alkyl carbamates (subject to hydrolysis) is 1. The summed E-state index contributed by atoms with van der Waals surface area (Å²) in [5.41, 5.74) is 4.69. The third kappa shape index (κ3) is 6.37. The number of ether oxygens (including phenoxy) is 1. The molecular formula is C27H34N2O5. The molecule has 0 saturated heterocycles. The lowest BCUT2D eigenvalue weighted by molar-refractivity contribution is -0.143. The molecule has 2 aromatic rings. The molecule has 7 nitrogen and oxygen atoms in total. The number of nitrogens with one attached hydrogen (secondary N) is 2. The van der Waals surface area contributed by atoms with Crippen LogP contribution in [-0.4, -0.2) is 42.3 Å². The van der Waals surface area contributed by atoms with E-state index >= 15 is 0 Å². The minimum Gasteiger partial charge on any atom is -0.481 e. The molecule has 0 aromatic heterocycles. The van der Waals surface area contributed by atoms with Crippen molar-refractivity contribution in [3.05, 3.63) is 59.7 Å². The Balaban J connectivity index is 1.40. The maximum absolute atomic E-state index is 12.4. The zero-order valence-corrected chi connectivity index (χ0v) is 20.0. The Hall–Kier alpha value is -3.35. The number of carbonyl (C=O) groups excluding carboxylic acids is 2. The molecule has 0 heterocycles. The summed E-state index contributed by atoms with van der Waals surface area (Å²) < 4.78 is 5.56. The fourth-order valence-electron chi connectivity index (χ4n) is 4.40. The topological polar surface area (TPSA) is 105 Å². The second-order valence-corrected chi connectivity index (χ2v) is 9.26. The van der Waals surface area contributed by atoms with E-state index in [1.807, 2.05) is 45.0 Å². The molecule has 2 aromatic carbocycles. The largest absolute Gasteiger partial charge is 0.481 e. The van der Waals surface area contributed by atoms with Crippen molar-refractivity contribution in [2.75, 3.05) is 13.2 Å². The van der Waals surface area contributed by atoms with Gasteiger partial charge in [0.05, 0.1) is 5.92 Å². The van der Waals surface area contributed by atoms with Gasteiger partial charge in [0.25, 0.3) is 0 Å². The number of fused-ring (bicyclic) bond motifs is 3. The maximum Gasteiger partial charge on any atom is 0.407 e. The molecule has 0 fully saturated rings. The second-order valence-electron chi connectivity index (χ2n) is 9.26. The summed E-state index contributed by atoms with van der Waals surface area (Å²) in [7, 11) is 0. The molecule has 2 amide bonds. The van der Waals surface area contributed by atoms with Crippen LogP contribution in [0.3, 0.4) is 0 Å². The van der Waals surface area contributed by atoms with Crippen molar-refractivity contribution >= 4 is 18.0 Å². The standard InChI is InChI=1S/C27H34N2O5/c1-17(2)23(26(31)32)15-28-25(30)14-8-9-18(3)29-27(33)34-16-24-21-12-6-4-10-19(21)20-11-5-7-13-22(20)24/h4-7,10-13,17-18,23-24H,8-9,14-16H2,1-3H3,(H,28,30)(H,29,33)(H,31,32). The van der Waals surface area contributed by atoms with E-state index in [1.54, 1.807) is 0 Å². The molecule has 0 saturated carbocycles. The molecule has 2 unspecified atom stereocenters. The van der Waals surface area contributed by atoms with Gasteiger partial charge in [-0.1, -0.05) is 62.4 Å². The molecule has 3 N–H and O–H groups in total. The van der Waals surface area contributed by atoms with Crippen LogP contribution in [0.15, 0.2) is 48.5 Å². The van der Waals surface area contributed by atoms with E-state index in [4.69, 9.17) is 4.74 Å². The van der Waals surface area contributed by atoms with Crippen molar-refractivity contribution in [1.29, 1.82) is 0 Å². The summed E-state index contributed by atoms with van der Waals surface area (Å²) in [5, 5.41) is 14.7. The van der Waals surface area contributed by atoms with Crippen molar-refractivity contribution in [2.24, 2.45) is 11.8 Å². The van der Waals surface area contributed by atoms with Crippen LogP contribution in [-0.2, 0) is 14.3 Å². The number of carbonyl (C=O) groups is 3. The fourth-order valence-corrected chi connectivity index (χ4v) is 4.40. The molecule has 34 heavy (non-hydrogen) atoms. The molecule has 7 heteroatoms. The van der Waals surface area contributed by atoms with E-state index in [0.717, 1.165) is 11.1 Å². The van der Waals surface area contributed by atoms with Gasteiger partial charge >= 0.3 is 12.1 Å². The first kappa shape index (κ1) is 25.3. The molecule has 182 valence electrons. The van der Waals surface area contributed by atoms with Crippen LogP contribution in [0.5, 0.6) is 0 Å². The SMILES string of the molecule is CC(CCCC(=O)NCC(C(=O)O)C(C)C)NC(=O)OCC1c2ccccc2-c2ccccc21. The van der Waals surface area contributed by atoms with Gasteiger partial charge in [0.1, 0.15) is 6.61 Å². The number of aliphatic carboxylic acids is 1. The van der Waals surface area contributed by atoms with Crippen LogP contribution in [0.1, 0.15) is 57.1 Å². The lowest BCUT2D eigenvalue weighted by Gasteiger charge is -2.18. The van der Waals surface area contributed by atoms with Gasteiger partial charge in [0.15, 0.2) is 0 Å². The van der Waals surface area contributed by atoms with Crippen molar-refractivity contribution in [3.63, 3.8) is 0 Å². The monoisotopic (exact) mass is 466 g/mol. The van der Waals surface area contributed by atoms with Gasteiger partial charge < -0.3 is 20.5 Å². The maximum atomic E-state index is 12.4. The Kier molecular flexibility index (Phi) is 8.68.